The monoisotopic (exact) mass is 1120 g/mol. The van der Waals surface area contributed by atoms with E-state index in [9.17, 15) is 0 Å². The summed E-state index contributed by atoms with van der Waals surface area (Å²) < 4.78 is 0. The maximum Gasteiger partial charge on any atom is 0.252 e. The van der Waals surface area contributed by atoms with E-state index < -0.39 is 0 Å². The van der Waals surface area contributed by atoms with Crippen LogP contribution in [-0.4, -0.2) is 39.6 Å². The molecule has 11 aromatic carbocycles. The SMILES string of the molecule is c1ccc(N(c2ccccc2)c2ccc3c(c2)N(c2ccccc2)c2c4c5c(c6c2B3c2cc3c(cc2N6c2ccccc2)N(c2ccccc2)c2c6c7c(c8c2B3c2ccccc2N8c2ccccc2)CCCN7CCC6)CCCN5CCC4)cc1. The lowest BCUT2D eigenvalue weighted by Gasteiger charge is -2.51. The van der Waals surface area contributed by atoms with E-state index >= 15 is 0 Å². The number of fused-ring (bicyclic) bond motifs is 12. The number of benzene rings is 11. The Hall–Kier alpha value is -9.85. The second-order valence-corrected chi connectivity index (χ2v) is 25.0. The first-order chi connectivity index (χ1) is 43.2. The van der Waals surface area contributed by atoms with Crippen molar-refractivity contribution < 1.29 is 0 Å². The van der Waals surface area contributed by atoms with Gasteiger partial charge >= 0.3 is 0 Å². The summed E-state index contributed by atoms with van der Waals surface area (Å²) in [5.74, 6) is 0. The van der Waals surface area contributed by atoms with E-state index in [1.165, 1.54) is 135 Å². The van der Waals surface area contributed by atoms with Crippen molar-refractivity contribution in [3.8, 4) is 0 Å². The molecule has 8 aliphatic heterocycles. The fraction of sp³-hybridized carbons (Fsp3) is 0.154. The number of anilines is 17. The Balaban J connectivity index is 0.960. The van der Waals surface area contributed by atoms with Crippen LogP contribution in [0.1, 0.15) is 47.9 Å². The minimum Gasteiger partial charge on any atom is -0.371 e. The molecule has 0 N–H and O–H groups in total. The zero-order valence-corrected chi connectivity index (χ0v) is 48.8. The number of hydrogen-bond acceptors (Lipinski definition) is 7. The summed E-state index contributed by atoms with van der Waals surface area (Å²) in [6.45, 7) is 4.22. The molecule has 0 saturated heterocycles. The predicted octanol–water partition coefficient (Wildman–Crippen LogP) is 14.7. The Morgan fingerprint density at radius 2 is 0.598 bits per heavy atom. The van der Waals surface area contributed by atoms with Crippen molar-refractivity contribution in [1.29, 1.82) is 0 Å². The van der Waals surface area contributed by atoms with Crippen LogP contribution < -0.4 is 67.1 Å². The number of rotatable bonds is 7. The lowest BCUT2D eigenvalue weighted by Crippen LogP contribution is -2.66. The highest BCUT2D eigenvalue weighted by Gasteiger charge is 2.52. The van der Waals surface area contributed by atoms with Crippen LogP contribution in [0.25, 0.3) is 0 Å². The molecule has 0 unspecified atom stereocenters. The van der Waals surface area contributed by atoms with Crippen LogP contribution >= 0.6 is 0 Å². The van der Waals surface area contributed by atoms with Crippen molar-refractivity contribution in [2.24, 2.45) is 0 Å². The minimum absolute atomic E-state index is 0.0360. The van der Waals surface area contributed by atoms with E-state index in [2.05, 4.69) is 271 Å². The number of para-hydroxylation sites is 7. The highest BCUT2D eigenvalue weighted by atomic mass is 15.2. The molecular formula is C78H63B2N7. The molecule has 0 spiro atoms. The minimum atomic E-state index is -0.0935. The molecule has 0 bridgehead atoms. The van der Waals surface area contributed by atoms with Gasteiger partial charge in [-0.2, -0.15) is 0 Å². The Bertz CT molecular complexity index is 4540. The highest BCUT2D eigenvalue weighted by Crippen LogP contribution is 2.57. The van der Waals surface area contributed by atoms with E-state index in [0.29, 0.717) is 0 Å². The van der Waals surface area contributed by atoms with E-state index in [4.69, 9.17) is 0 Å². The first kappa shape index (κ1) is 49.4. The number of hydrogen-bond donors (Lipinski definition) is 0. The predicted molar refractivity (Wildman–Crippen MR) is 367 cm³/mol. The molecule has 11 aromatic rings. The molecule has 0 fully saturated rings. The van der Waals surface area contributed by atoms with Gasteiger partial charge in [0.1, 0.15) is 0 Å². The molecule has 416 valence electrons. The summed E-state index contributed by atoms with van der Waals surface area (Å²) >= 11 is 0. The van der Waals surface area contributed by atoms with Crippen molar-refractivity contribution in [3.63, 3.8) is 0 Å². The second-order valence-electron chi connectivity index (χ2n) is 25.0. The normalized spacial score (nSPS) is 16.0. The fourth-order valence-corrected chi connectivity index (χ4v) is 17.4. The standard InChI is InChI=1S/C78H63B2N7/c1-7-25-52(26-8-1)83(53-27-9-2-10-28-53)58-43-44-64-68(49-58)85(55-31-13-4-14-32-55)76-60-38-22-47-82-48-24-40-62(74(60)82)78-72(76)80(64)66-50-65-69(51-70(66)87(78)57-35-17-6-18-36-57)86(56-33-15-5-16-34-56)77-61-39-23-46-81-45-21-37-59(73(61)81)75-71(77)79(65)63-41-19-20-42-67(63)84(75)54-29-11-3-12-30-54/h1-20,25-36,41-44,49-51H,21-24,37-40,45-48H2. The average molecular weight is 1120 g/mol. The second kappa shape index (κ2) is 19.3. The summed E-state index contributed by atoms with van der Waals surface area (Å²) in [7, 11) is 0. The molecule has 9 heteroatoms. The molecule has 7 nitrogen and oxygen atoms in total. The van der Waals surface area contributed by atoms with Gasteiger partial charge in [0.05, 0.1) is 0 Å². The van der Waals surface area contributed by atoms with Gasteiger partial charge in [0.25, 0.3) is 13.4 Å². The van der Waals surface area contributed by atoms with Gasteiger partial charge in [-0.15, -0.1) is 0 Å². The highest BCUT2D eigenvalue weighted by molar-refractivity contribution is 7.03. The Morgan fingerprint density at radius 3 is 1.00 bits per heavy atom. The van der Waals surface area contributed by atoms with Crippen LogP contribution in [0.2, 0.25) is 0 Å². The van der Waals surface area contributed by atoms with Crippen molar-refractivity contribution in [2.45, 2.75) is 51.4 Å². The Kier molecular flexibility index (Phi) is 11.0. The van der Waals surface area contributed by atoms with Crippen LogP contribution in [0, 0.1) is 0 Å². The van der Waals surface area contributed by atoms with Gasteiger partial charge in [-0.1, -0.05) is 140 Å². The van der Waals surface area contributed by atoms with Crippen LogP contribution in [0.3, 0.4) is 0 Å². The molecule has 19 rings (SSSR count). The van der Waals surface area contributed by atoms with E-state index in [-0.39, 0.29) is 13.4 Å². The van der Waals surface area contributed by atoms with Gasteiger partial charge in [-0.05, 0) is 203 Å². The van der Waals surface area contributed by atoms with Crippen molar-refractivity contribution in [3.05, 3.63) is 259 Å². The molecule has 0 amide bonds. The third-order valence-corrected chi connectivity index (χ3v) is 20.5. The van der Waals surface area contributed by atoms with Gasteiger partial charge in [0.2, 0.25) is 0 Å². The lowest BCUT2D eigenvalue weighted by molar-refractivity contribution is 0.635. The molecule has 0 saturated carbocycles. The summed E-state index contributed by atoms with van der Waals surface area (Å²) in [5, 5.41) is 0. The maximum absolute atomic E-state index is 2.77. The molecule has 8 heterocycles. The maximum atomic E-state index is 2.77. The molecule has 8 aliphatic rings. The lowest BCUT2D eigenvalue weighted by atomic mass is 9.30. The zero-order chi connectivity index (χ0) is 56.8. The van der Waals surface area contributed by atoms with Crippen LogP contribution in [0.4, 0.5) is 96.7 Å². The summed E-state index contributed by atoms with van der Waals surface area (Å²) in [6, 6.07) is 89.8. The average Bonchev–Trinajstić information content (AvgIpc) is 3.34. The quantitative estimate of drug-likeness (QED) is 0.147. The molecule has 87 heavy (non-hydrogen) atoms. The Morgan fingerprint density at radius 1 is 0.264 bits per heavy atom. The van der Waals surface area contributed by atoms with E-state index in [1.807, 2.05) is 0 Å². The molecule has 0 atom stereocenters. The summed E-state index contributed by atoms with van der Waals surface area (Å²) in [4.78, 5) is 18.9. The van der Waals surface area contributed by atoms with Gasteiger partial charge in [0.15, 0.2) is 0 Å². The van der Waals surface area contributed by atoms with Crippen molar-refractivity contribution in [1.82, 2.24) is 0 Å². The van der Waals surface area contributed by atoms with Gasteiger partial charge in [-0.3, -0.25) is 0 Å². The third-order valence-electron chi connectivity index (χ3n) is 20.5. The molecule has 0 radical (unpaired) electrons. The van der Waals surface area contributed by atoms with Gasteiger partial charge in [0, 0.05) is 123 Å². The smallest absolute Gasteiger partial charge is 0.252 e. The molecule has 0 aliphatic carbocycles. The van der Waals surface area contributed by atoms with Crippen molar-refractivity contribution in [2.75, 3.05) is 60.5 Å². The summed E-state index contributed by atoms with van der Waals surface area (Å²) in [6.07, 6.45) is 8.72. The fourth-order valence-electron chi connectivity index (χ4n) is 17.4. The van der Waals surface area contributed by atoms with Crippen LogP contribution in [0.5, 0.6) is 0 Å². The largest absolute Gasteiger partial charge is 0.371 e. The van der Waals surface area contributed by atoms with Gasteiger partial charge in [-0.25, -0.2) is 0 Å². The van der Waals surface area contributed by atoms with E-state index in [1.54, 1.807) is 0 Å². The topological polar surface area (TPSA) is 22.7 Å². The first-order valence-electron chi connectivity index (χ1n) is 31.9. The summed E-state index contributed by atoms with van der Waals surface area (Å²) in [5.41, 5.74) is 36.0. The van der Waals surface area contributed by atoms with Crippen molar-refractivity contribution >= 4 is 143 Å². The van der Waals surface area contributed by atoms with Gasteiger partial charge < -0.3 is 34.3 Å². The Labute approximate surface area is 510 Å². The first-order valence-corrected chi connectivity index (χ1v) is 31.9. The van der Waals surface area contributed by atoms with E-state index in [0.717, 1.165) is 94.6 Å². The third kappa shape index (κ3) is 7.14. The molecule has 0 aromatic heterocycles. The zero-order valence-electron chi connectivity index (χ0n) is 48.8. The van der Waals surface area contributed by atoms with Crippen LogP contribution in [-0.2, 0) is 25.7 Å². The molecular weight excluding hydrogens is 1060 g/mol. The number of nitrogens with zero attached hydrogens (tertiary/aromatic N) is 7. The van der Waals surface area contributed by atoms with Crippen LogP contribution in [0.15, 0.2) is 237 Å².